The van der Waals surface area contributed by atoms with Gasteiger partial charge in [-0.3, -0.25) is 4.79 Å². The van der Waals surface area contributed by atoms with Crippen molar-refractivity contribution in [2.75, 3.05) is 13.2 Å². The van der Waals surface area contributed by atoms with Crippen LogP contribution in [0.4, 0.5) is 0 Å². The van der Waals surface area contributed by atoms with Gasteiger partial charge < -0.3 is 14.0 Å². The van der Waals surface area contributed by atoms with Crippen LogP contribution in [0, 0.1) is 0 Å². The van der Waals surface area contributed by atoms with Crippen molar-refractivity contribution in [3.8, 4) is 11.5 Å². The average molecular weight is 301 g/mol. The van der Waals surface area contributed by atoms with Crippen LogP contribution >= 0.6 is 0 Å². The van der Waals surface area contributed by atoms with Crippen LogP contribution in [-0.4, -0.2) is 29.9 Å². The van der Waals surface area contributed by atoms with Crippen molar-refractivity contribution in [2.45, 2.75) is 6.92 Å². The van der Waals surface area contributed by atoms with Crippen LogP contribution in [-0.2, 0) is 11.8 Å². The number of amides is 1. The standard InChI is InChI=1S/C16H19N3O3/c1-3-21-14-8-4-5-9-15(14)22-12-16(20)18-17-11-13-7-6-10-19(13)2/h4-11H,3,12H2,1-2H3,(H,18,20)/b17-11+. The molecule has 6 heteroatoms. The zero-order valence-electron chi connectivity index (χ0n) is 12.7. The van der Waals surface area contributed by atoms with Crippen LogP contribution < -0.4 is 14.9 Å². The summed E-state index contributed by atoms with van der Waals surface area (Å²) in [6.07, 6.45) is 3.48. The first kappa shape index (κ1) is 15.6. The van der Waals surface area contributed by atoms with E-state index in [4.69, 9.17) is 9.47 Å². The van der Waals surface area contributed by atoms with Crippen LogP contribution in [0.5, 0.6) is 11.5 Å². The van der Waals surface area contributed by atoms with Crippen molar-refractivity contribution < 1.29 is 14.3 Å². The van der Waals surface area contributed by atoms with Crippen molar-refractivity contribution in [3.05, 3.63) is 48.3 Å². The molecule has 0 bridgehead atoms. The van der Waals surface area contributed by atoms with Crippen molar-refractivity contribution >= 4 is 12.1 Å². The van der Waals surface area contributed by atoms with Crippen molar-refractivity contribution in [3.63, 3.8) is 0 Å². The van der Waals surface area contributed by atoms with E-state index in [-0.39, 0.29) is 12.5 Å². The fourth-order valence-corrected chi connectivity index (χ4v) is 1.80. The number of nitrogens with one attached hydrogen (secondary N) is 1. The number of aromatic nitrogens is 1. The third kappa shape index (κ3) is 4.37. The van der Waals surface area contributed by atoms with E-state index in [0.717, 1.165) is 5.69 Å². The average Bonchev–Trinajstić information content (AvgIpc) is 2.92. The van der Waals surface area contributed by atoms with E-state index >= 15 is 0 Å². The van der Waals surface area contributed by atoms with E-state index in [2.05, 4.69) is 10.5 Å². The Morgan fingerprint density at radius 1 is 1.23 bits per heavy atom. The van der Waals surface area contributed by atoms with Crippen LogP contribution in [0.3, 0.4) is 0 Å². The Morgan fingerprint density at radius 2 is 1.95 bits per heavy atom. The molecular weight excluding hydrogens is 282 g/mol. The maximum absolute atomic E-state index is 11.7. The van der Waals surface area contributed by atoms with E-state index < -0.39 is 0 Å². The highest BCUT2D eigenvalue weighted by molar-refractivity contribution is 5.81. The minimum absolute atomic E-state index is 0.130. The zero-order valence-corrected chi connectivity index (χ0v) is 12.7. The Kier molecular flexibility index (Phi) is 5.59. The van der Waals surface area contributed by atoms with E-state index in [1.54, 1.807) is 18.3 Å². The number of hydrogen-bond acceptors (Lipinski definition) is 4. The molecule has 0 unspecified atom stereocenters. The summed E-state index contributed by atoms with van der Waals surface area (Å²) in [5, 5.41) is 3.89. The van der Waals surface area contributed by atoms with Crippen molar-refractivity contribution in [1.82, 2.24) is 9.99 Å². The maximum atomic E-state index is 11.7. The molecule has 0 atom stereocenters. The van der Waals surface area contributed by atoms with Gasteiger partial charge in [0.05, 0.1) is 18.5 Å². The zero-order chi connectivity index (χ0) is 15.8. The number of para-hydroxylation sites is 2. The maximum Gasteiger partial charge on any atom is 0.277 e. The van der Waals surface area contributed by atoms with Crippen molar-refractivity contribution in [1.29, 1.82) is 0 Å². The molecule has 0 aliphatic carbocycles. The largest absolute Gasteiger partial charge is 0.490 e. The predicted octanol–water partition coefficient (Wildman–Crippen LogP) is 1.95. The van der Waals surface area contributed by atoms with Crippen molar-refractivity contribution in [2.24, 2.45) is 12.1 Å². The predicted molar refractivity (Wildman–Crippen MR) is 84.3 cm³/mol. The lowest BCUT2D eigenvalue weighted by Gasteiger charge is -2.10. The van der Waals surface area contributed by atoms with E-state index in [1.165, 1.54) is 0 Å². The first-order valence-corrected chi connectivity index (χ1v) is 6.98. The third-order valence-electron chi connectivity index (χ3n) is 2.88. The SMILES string of the molecule is CCOc1ccccc1OCC(=O)N/N=C/c1cccn1C. The summed E-state index contributed by atoms with van der Waals surface area (Å²) >= 11 is 0. The molecule has 0 fully saturated rings. The Labute approximate surface area is 129 Å². The fraction of sp³-hybridized carbons (Fsp3) is 0.250. The summed E-state index contributed by atoms with van der Waals surface area (Å²) in [6, 6.07) is 11.0. The summed E-state index contributed by atoms with van der Waals surface area (Å²) in [5.41, 5.74) is 3.31. The molecule has 6 nitrogen and oxygen atoms in total. The number of benzene rings is 1. The lowest BCUT2D eigenvalue weighted by atomic mass is 10.3. The molecule has 1 amide bonds. The van der Waals surface area contributed by atoms with E-state index in [1.807, 2.05) is 49.0 Å². The summed E-state index contributed by atoms with van der Waals surface area (Å²) in [5.74, 6) is 0.813. The van der Waals surface area contributed by atoms with Gasteiger partial charge in [-0.2, -0.15) is 5.10 Å². The van der Waals surface area contributed by atoms with Gasteiger partial charge in [0.2, 0.25) is 0 Å². The number of carbonyl (C=O) groups excluding carboxylic acids is 1. The molecule has 2 aromatic rings. The molecule has 1 aromatic heterocycles. The molecule has 0 spiro atoms. The molecular formula is C16H19N3O3. The first-order chi connectivity index (χ1) is 10.7. The second-order valence-electron chi connectivity index (χ2n) is 4.51. The second kappa shape index (κ2) is 7.87. The summed E-state index contributed by atoms with van der Waals surface area (Å²) < 4.78 is 12.8. The van der Waals surface area contributed by atoms with Crippen LogP contribution in [0.15, 0.2) is 47.7 Å². The lowest BCUT2D eigenvalue weighted by molar-refractivity contribution is -0.123. The highest BCUT2D eigenvalue weighted by Crippen LogP contribution is 2.26. The van der Waals surface area contributed by atoms with Gasteiger partial charge in [-0.05, 0) is 31.2 Å². The second-order valence-corrected chi connectivity index (χ2v) is 4.51. The molecule has 0 saturated heterocycles. The molecule has 22 heavy (non-hydrogen) atoms. The van der Waals surface area contributed by atoms with Crippen LogP contribution in [0.2, 0.25) is 0 Å². The van der Waals surface area contributed by atoms with Gasteiger partial charge in [0, 0.05) is 13.2 Å². The smallest absolute Gasteiger partial charge is 0.277 e. The number of rotatable bonds is 7. The minimum Gasteiger partial charge on any atom is -0.490 e. The topological polar surface area (TPSA) is 64.8 Å². The quantitative estimate of drug-likeness (QED) is 0.628. The number of hydrogen-bond donors (Lipinski definition) is 1. The van der Waals surface area contributed by atoms with Gasteiger partial charge in [-0.1, -0.05) is 12.1 Å². The van der Waals surface area contributed by atoms with E-state index in [9.17, 15) is 4.79 Å². The third-order valence-corrected chi connectivity index (χ3v) is 2.88. The first-order valence-electron chi connectivity index (χ1n) is 6.98. The van der Waals surface area contributed by atoms with Gasteiger partial charge in [0.1, 0.15) is 0 Å². The molecule has 0 saturated carbocycles. The Balaban J connectivity index is 1.83. The Hall–Kier alpha value is -2.76. The van der Waals surface area contributed by atoms with Crippen LogP contribution in [0.1, 0.15) is 12.6 Å². The number of carbonyl (C=O) groups is 1. The van der Waals surface area contributed by atoms with Gasteiger partial charge in [-0.25, -0.2) is 5.43 Å². The molecule has 116 valence electrons. The van der Waals surface area contributed by atoms with Gasteiger partial charge in [0.15, 0.2) is 18.1 Å². The van der Waals surface area contributed by atoms with Crippen LogP contribution in [0.25, 0.3) is 0 Å². The molecule has 0 aliphatic rings. The number of ether oxygens (including phenoxy) is 2. The highest BCUT2D eigenvalue weighted by atomic mass is 16.5. The lowest BCUT2D eigenvalue weighted by Crippen LogP contribution is -2.24. The summed E-state index contributed by atoms with van der Waals surface area (Å²) in [7, 11) is 1.90. The summed E-state index contributed by atoms with van der Waals surface area (Å²) in [6.45, 7) is 2.30. The van der Waals surface area contributed by atoms with Gasteiger partial charge in [-0.15, -0.1) is 0 Å². The minimum atomic E-state index is -0.336. The number of hydrazone groups is 1. The molecule has 1 N–H and O–H groups in total. The number of nitrogens with zero attached hydrogens (tertiary/aromatic N) is 2. The molecule has 0 radical (unpaired) electrons. The monoisotopic (exact) mass is 301 g/mol. The number of aryl methyl sites for hydroxylation is 1. The molecule has 0 aliphatic heterocycles. The fourth-order valence-electron chi connectivity index (χ4n) is 1.80. The Bertz CT molecular complexity index is 650. The normalized spacial score (nSPS) is 10.6. The van der Waals surface area contributed by atoms with Gasteiger partial charge >= 0.3 is 0 Å². The summed E-state index contributed by atoms with van der Waals surface area (Å²) in [4.78, 5) is 11.7. The molecule has 1 heterocycles. The molecule has 2 rings (SSSR count). The highest BCUT2D eigenvalue weighted by Gasteiger charge is 2.06. The van der Waals surface area contributed by atoms with E-state index in [0.29, 0.717) is 18.1 Å². The Morgan fingerprint density at radius 3 is 2.59 bits per heavy atom. The van der Waals surface area contributed by atoms with Gasteiger partial charge in [0.25, 0.3) is 5.91 Å². The molecule has 1 aromatic carbocycles.